The Morgan fingerprint density at radius 1 is 1.33 bits per heavy atom. The lowest BCUT2D eigenvalue weighted by Gasteiger charge is -2.27. The summed E-state index contributed by atoms with van der Waals surface area (Å²) in [4.78, 5) is 4.48. The van der Waals surface area contributed by atoms with Gasteiger partial charge in [-0.05, 0) is 38.5 Å². The Labute approximate surface area is 91.9 Å². The number of hydrogen-bond acceptors (Lipinski definition) is 2. The van der Waals surface area contributed by atoms with Crippen molar-refractivity contribution in [3.05, 3.63) is 11.9 Å². The van der Waals surface area contributed by atoms with Crippen molar-refractivity contribution in [2.24, 2.45) is 13.0 Å². The molecule has 1 fully saturated rings. The van der Waals surface area contributed by atoms with Crippen LogP contribution in [0.15, 0.2) is 6.20 Å². The molecule has 1 saturated carbocycles. The minimum absolute atomic E-state index is 0.627. The largest absolute Gasteiger partial charge is 0.353 e. The van der Waals surface area contributed by atoms with Crippen molar-refractivity contribution in [3.8, 4) is 0 Å². The van der Waals surface area contributed by atoms with Gasteiger partial charge < -0.3 is 9.88 Å². The molecule has 1 aliphatic carbocycles. The van der Waals surface area contributed by atoms with Crippen molar-refractivity contribution in [3.63, 3.8) is 0 Å². The normalized spacial score (nSPS) is 26.6. The Hall–Kier alpha value is -0.990. The van der Waals surface area contributed by atoms with Crippen molar-refractivity contribution in [1.29, 1.82) is 0 Å². The summed E-state index contributed by atoms with van der Waals surface area (Å²) < 4.78 is 2.08. The lowest BCUT2D eigenvalue weighted by atomic mass is 9.87. The zero-order chi connectivity index (χ0) is 10.8. The SMILES string of the molecule is Cc1cn(C)c(NC2CCC(C)CC2)n1. The monoisotopic (exact) mass is 207 g/mol. The lowest BCUT2D eigenvalue weighted by molar-refractivity contribution is 0.360. The van der Waals surface area contributed by atoms with Gasteiger partial charge in [-0.3, -0.25) is 0 Å². The molecule has 0 spiro atoms. The van der Waals surface area contributed by atoms with Gasteiger partial charge in [0.05, 0.1) is 5.69 Å². The highest BCUT2D eigenvalue weighted by atomic mass is 15.2. The van der Waals surface area contributed by atoms with E-state index in [1.807, 2.05) is 14.0 Å². The molecule has 0 saturated heterocycles. The number of nitrogens with zero attached hydrogens (tertiary/aromatic N) is 2. The molecule has 0 aromatic carbocycles. The van der Waals surface area contributed by atoms with E-state index in [0.29, 0.717) is 6.04 Å². The average molecular weight is 207 g/mol. The van der Waals surface area contributed by atoms with Gasteiger partial charge in [0.1, 0.15) is 0 Å². The van der Waals surface area contributed by atoms with E-state index in [4.69, 9.17) is 0 Å². The summed E-state index contributed by atoms with van der Waals surface area (Å²) in [6.07, 6.45) is 7.33. The van der Waals surface area contributed by atoms with Gasteiger partial charge in [-0.15, -0.1) is 0 Å². The van der Waals surface area contributed by atoms with Crippen LogP contribution in [0.4, 0.5) is 5.95 Å². The molecular formula is C12H21N3. The standard InChI is InChI=1S/C12H21N3/c1-9-4-6-11(7-5-9)14-12-13-10(2)8-15(12)3/h8-9,11H,4-7H2,1-3H3,(H,13,14). The van der Waals surface area contributed by atoms with Gasteiger partial charge in [-0.25, -0.2) is 4.98 Å². The number of aryl methyl sites for hydroxylation is 2. The fourth-order valence-corrected chi connectivity index (χ4v) is 2.34. The predicted octanol–water partition coefficient (Wildman–Crippen LogP) is 2.72. The molecule has 84 valence electrons. The fourth-order valence-electron chi connectivity index (χ4n) is 2.34. The van der Waals surface area contributed by atoms with E-state index in [9.17, 15) is 0 Å². The van der Waals surface area contributed by atoms with Gasteiger partial charge in [0.25, 0.3) is 0 Å². The molecule has 1 aromatic rings. The van der Waals surface area contributed by atoms with Gasteiger partial charge in [-0.2, -0.15) is 0 Å². The molecule has 0 bridgehead atoms. The molecule has 0 radical (unpaired) electrons. The number of nitrogens with one attached hydrogen (secondary N) is 1. The van der Waals surface area contributed by atoms with E-state index < -0.39 is 0 Å². The smallest absolute Gasteiger partial charge is 0.202 e. The molecule has 2 rings (SSSR count). The van der Waals surface area contributed by atoms with Crippen molar-refractivity contribution in [2.75, 3.05) is 5.32 Å². The third-order valence-electron chi connectivity index (χ3n) is 3.35. The first-order valence-corrected chi connectivity index (χ1v) is 5.91. The molecule has 0 amide bonds. The quantitative estimate of drug-likeness (QED) is 0.808. The van der Waals surface area contributed by atoms with Crippen LogP contribution in [0.1, 0.15) is 38.3 Å². The summed E-state index contributed by atoms with van der Waals surface area (Å²) in [6.45, 7) is 4.38. The predicted molar refractivity (Wildman–Crippen MR) is 63.0 cm³/mol. The summed E-state index contributed by atoms with van der Waals surface area (Å²) in [5.74, 6) is 1.93. The van der Waals surface area contributed by atoms with Crippen LogP contribution in [0.5, 0.6) is 0 Å². The minimum Gasteiger partial charge on any atom is -0.353 e. The van der Waals surface area contributed by atoms with E-state index in [2.05, 4.69) is 28.0 Å². The maximum absolute atomic E-state index is 4.48. The summed E-state index contributed by atoms with van der Waals surface area (Å²) in [5.41, 5.74) is 1.09. The second-order valence-corrected chi connectivity index (χ2v) is 4.92. The van der Waals surface area contributed by atoms with Gasteiger partial charge in [-0.1, -0.05) is 6.92 Å². The van der Waals surface area contributed by atoms with Crippen LogP contribution in [0.2, 0.25) is 0 Å². The van der Waals surface area contributed by atoms with E-state index in [0.717, 1.165) is 17.6 Å². The molecule has 1 aromatic heterocycles. The van der Waals surface area contributed by atoms with Crippen LogP contribution in [-0.4, -0.2) is 15.6 Å². The molecule has 15 heavy (non-hydrogen) atoms. The number of hydrogen-bond donors (Lipinski definition) is 1. The molecular weight excluding hydrogens is 186 g/mol. The number of anilines is 1. The highest BCUT2D eigenvalue weighted by Crippen LogP contribution is 2.25. The van der Waals surface area contributed by atoms with Crippen LogP contribution >= 0.6 is 0 Å². The van der Waals surface area contributed by atoms with E-state index >= 15 is 0 Å². The second-order valence-electron chi connectivity index (χ2n) is 4.92. The van der Waals surface area contributed by atoms with Crippen molar-refractivity contribution in [1.82, 2.24) is 9.55 Å². The van der Waals surface area contributed by atoms with Gasteiger partial charge in [0, 0.05) is 19.3 Å². The van der Waals surface area contributed by atoms with Crippen molar-refractivity contribution < 1.29 is 0 Å². The van der Waals surface area contributed by atoms with Crippen LogP contribution in [0.25, 0.3) is 0 Å². The fraction of sp³-hybridized carbons (Fsp3) is 0.750. The van der Waals surface area contributed by atoms with Crippen molar-refractivity contribution >= 4 is 5.95 Å². The molecule has 3 nitrogen and oxygen atoms in total. The highest BCUT2D eigenvalue weighted by molar-refractivity contribution is 5.29. The summed E-state index contributed by atoms with van der Waals surface area (Å²) in [6, 6.07) is 0.627. The molecule has 3 heteroatoms. The minimum atomic E-state index is 0.627. The first-order chi connectivity index (χ1) is 7.15. The van der Waals surface area contributed by atoms with E-state index in [1.165, 1.54) is 25.7 Å². The Morgan fingerprint density at radius 3 is 2.53 bits per heavy atom. The summed E-state index contributed by atoms with van der Waals surface area (Å²) >= 11 is 0. The van der Waals surface area contributed by atoms with Crippen LogP contribution in [0, 0.1) is 12.8 Å². The molecule has 0 unspecified atom stereocenters. The summed E-state index contributed by atoms with van der Waals surface area (Å²) in [7, 11) is 2.05. The van der Waals surface area contributed by atoms with Crippen LogP contribution < -0.4 is 5.32 Å². The zero-order valence-corrected chi connectivity index (χ0v) is 9.95. The third kappa shape index (κ3) is 2.52. The molecule has 0 atom stereocenters. The van der Waals surface area contributed by atoms with Gasteiger partial charge in [0.2, 0.25) is 5.95 Å². The van der Waals surface area contributed by atoms with Gasteiger partial charge >= 0.3 is 0 Å². The van der Waals surface area contributed by atoms with Crippen LogP contribution in [-0.2, 0) is 7.05 Å². The molecule has 0 aliphatic heterocycles. The average Bonchev–Trinajstić information content (AvgIpc) is 2.49. The van der Waals surface area contributed by atoms with Crippen molar-refractivity contribution in [2.45, 2.75) is 45.6 Å². The first-order valence-electron chi connectivity index (χ1n) is 5.91. The molecule has 1 aliphatic rings. The molecule has 1 N–H and O–H groups in total. The first kappa shape index (κ1) is 10.5. The Kier molecular flexibility index (Phi) is 2.98. The Balaban J connectivity index is 1.94. The second kappa shape index (κ2) is 4.25. The Morgan fingerprint density at radius 2 is 2.00 bits per heavy atom. The maximum atomic E-state index is 4.48. The number of imidazole rings is 1. The lowest BCUT2D eigenvalue weighted by Crippen LogP contribution is -2.26. The van der Waals surface area contributed by atoms with Gasteiger partial charge in [0.15, 0.2) is 0 Å². The zero-order valence-electron chi connectivity index (χ0n) is 9.95. The Bertz CT molecular complexity index is 322. The summed E-state index contributed by atoms with van der Waals surface area (Å²) in [5, 5.41) is 3.54. The number of aromatic nitrogens is 2. The topological polar surface area (TPSA) is 29.9 Å². The van der Waals surface area contributed by atoms with Crippen LogP contribution in [0.3, 0.4) is 0 Å². The number of rotatable bonds is 2. The third-order valence-corrected chi connectivity index (χ3v) is 3.35. The van der Waals surface area contributed by atoms with E-state index in [-0.39, 0.29) is 0 Å². The highest BCUT2D eigenvalue weighted by Gasteiger charge is 2.18. The maximum Gasteiger partial charge on any atom is 0.202 e. The van der Waals surface area contributed by atoms with E-state index in [1.54, 1.807) is 0 Å². The molecule has 1 heterocycles.